The normalized spacial score (nSPS) is 12.7. The number of rotatable bonds is 5. The van der Waals surface area contributed by atoms with Crippen molar-refractivity contribution in [3.8, 4) is 0 Å². The van der Waals surface area contributed by atoms with Crippen LogP contribution in [-0.2, 0) is 22.3 Å². The molecule has 1 aromatic carbocycles. The van der Waals surface area contributed by atoms with Gasteiger partial charge in [0.05, 0.1) is 11.1 Å². The number of halogens is 4. The predicted molar refractivity (Wildman–Crippen MR) is 77.4 cm³/mol. The summed E-state index contributed by atoms with van der Waals surface area (Å²) in [5.74, 6) is -2.57. The molecule has 0 fully saturated rings. The molecule has 9 heteroatoms. The van der Waals surface area contributed by atoms with E-state index in [0.29, 0.717) is 6.07 Å². The number of thiazole rings is 1. The number of aliphatic hydroxyl groups excluding tert-OH is 1. The van der Waals surface area contributed by atoms with Crippen molar-refractivity contribution in [2.75, 3.05) is 0 Å². The van der Waals surface area contributed by atoms with Crippen LogP contribution in [0.25, 0.3) is 0 Å². The third kappa shape index (κ3) is 3.98. The van der Waals surface area contributed by atoms with E-state index in [2.05, 4.69) is 11.6 Å². The highest BCUT2D eigenvalue weighted by Crippen LogP contribution is 2.32. The first kappa shape index (κ1) is 18.1. The minimum Gasteiger partial charge on any atom is -0.457 e. The molecular formula is C15H11F4NO3S. The Hall–Kier alpha value is -2.26. The quantitative estimate of drug-likeness (QED) is 0.502. The Morgan fingerprint density at radius 1 is 1.42 bits per heavy atom. The number of alkyl halides is 3. The van der Waals surface area contributed by atoms with Crippen molar-refractivity contribution in [1.29, 1.82) is 0 Å². The molecule has 4 nitrogen and oxygen atoms in total. The molecule has 2 rings (SSSR count). The number of hydrogen-bond acceptors (Lipinski definition) is 5. The zero-order valence-electron chi connectivity index (χ0n) is 12.0. The third-order valence-electron chi connectivity index (χ3n) is 3.02. The molecule has 0 saturated carbocycles. The van der Waals surface area contributed by atoms with Gasteiger partial charge in [-0.2, -0.15) is 13.2 Å². The van der Waals surface area contributed by atoms with Crippen molar-refractivity contribution >= 4 is 17.3 Å². The van der Waals surface area contributed by atoms with Crippen LogP contribution in [0.5, 0.6) is 0 Å². The molecule has 0 saturated heterocycles. The fourth-order valence-corrected chi connectivity index (χ4v) is 2.43. The van der Waals surface area contributed by atoms with E-state index < -0.39 is 41.8 Å². The number of aromatic nitrogens is 1. The van der Waals surface area contributed by atoms with Crippen molar-refractivity contribution in [1.82, 2.24) is 4.98 Å². The van der Waals surface area contributed by atoms with E-state index in [1.54, 1.807) is 5.38 Å². The first-order valence-corrected chi connectivity index (χ1v) is 7.37. The van der Waals surface area contributed by atoms with Gasteiger partial charge in [0.1, 0.15) is 23.5 Å². The molecule has 0 bridgehead atoms. The molecule has 1 unspecified atom stereocenters. The Morgan fingerprint density at radius 2 is 2.12 bits per heavy atom. The molecule has 24 heavy (non-hydrogen) atoms. The predicted octanol–water partition coefficient (Wildman–Crippen LogP) is 3.63. The molecule has 1 heterocycles. The Morgan fingerprint density at radius 3 is 2.71 bits per heavy atom. The van der Waals surface area contributed by atoms with Gasteiger partial charge >= 0.3 is 12.1 Å². The smallest absolute Gasteiger partial charge is 0.419 e. The summed E-state index contributed by atoms with van der Waals surface area (Å²) in [7, 11) is 0. The maximum Gasteiger partial charge on any atom is 0.419 e. The van der Waals surface area contributed by atoms with Crippen LogP contribution in [0.3, 0.4) is 0 Å². The largest absolute Gasteiger partial charge is 0.457 e. The van der Waals surface area contributed by atoms with Gasteiger partial charge in [-0.1, -0.05) is 18.7 Å². The van der Waals surface area contributed by atoms with Gasteiger partial charge in [-0.05, 0) is 6.07 Å². The van der Waals surface area contributed by atoms with Gasteiger partial charge in [0, 0.05) is 17.1 Å². The number of hydrogen-bond donors (Lipinski definition) is 1. The van der Waals surface area contributed by atoms with Crippen LogP contribution in [0.2, 0.25) is 0 Å². The summed E-state index contributed by atoms with van der Waals surface area (Å²) in [6, 6.07) is 2.66. The minimum atomic E-state index is -4.85. The lowest BCUT2D eigenvalue weighted by atomic mass is 10.1. The van der Waals surface area contributed by atoms with Crippen molar-refractivity contribution < 1.29 is 32.2 Å². The Balaban J connectivity index is 2.06. The molecule has 0 spiro atoms. The molecule has 1 N–H and O–H groups in total. The van der Waals surface area contributed by atoms with Gasteiger partial charge in [-0.15, -0.1) is 11.3 Å². The highest BCUT2D eigenvalue weighted by Gasteiger charge is 2.35. The van der Waals surface area contributed by atoms with Crippen molar-refractivity contribution in [3.63, 3.8) is 0 Å². The summed E-state index contributed by atoms with van der Waals surface area (Å²) in [6.07, 6.45) is -4.84. The van der Waals surface area contributed by atoms with Crippen LogP contribution < -0.4 is 0 Å². The topological polar surface area (TPSA) is 59.4 Å². The van der Waals surface area contributed by atoms with Gasteiger partial charge in [0.2, 0.25) is 0 Å². The highest BCUT2D eigenvalue weighted by atomic mass is 32.1. The number of esters is 1. The highest BCUT2D eigenvalue weighted by molar-refractivity contribution is 7.09. The maximum absolute atomic E-state index is 13.8. The van der Waals surface area contributed by atoms with Crippen LogP contribution >= 0.6 is 11.3 Å². The number of aliphatic hydroxyl groups is 1. The molecule has 128 valence electrons. The molecule has 0 amide bonds. The summed E-state index contributed by atoms with van der Waals surface area (Å²) >= 11 is 1.08. The second kappa shape index (κ2) is 7.10. The standard InChI is InChI=1S/C15H11F4NO3S/c1-8(12(21)13-20-5-6-24-13)14(22)23-7-9-3-2-4-10(11(9)16)15(17,18)19/h2-6,12,21H,1,7H2. The summed E-state index contributed by atoms with van der Waals surface area (Å²) in [6.45, 7) is 2.65. The molecule has 0 aliphatic rings. The lowest BCUT2D eigenvalue weighted by molar-refractivity contribution is -0.141. The number of benzene rings is 1. The van der Waals surface area contributed by atoms with Crippen LogP contribution in [0, 0.1) is 5.82 Å². The van der Waals surface area contributed by atoms with Gasteiger partial charge in [0.15, 0.2) is 0 Å². The molecule has 0 aliphatic carbocycles. The number of ether oxygens (including phenoxy) is 1. The lowest BCUT2D eigenvalue weighted by Gasteiger charge is -2.13. The van der Waals surface area contributed by atoms with Gasteiger partial charge < -0.3 is 9.84 Å². The summed E-state index contributed by atoms with van der Waals surface area (Å²) in [5, 5.41) is 11.7. The molecule has 0 aliphatic heterocycles. The molecule has 0 radical (unpaired) electrons. The monoisotopic (exact) mass is 361 g/mol. The second-order valence-electron chi connectivity index (χ2n) is 4.65. The van der Waals surface area contributed by atoms with Crippen molar-refractivity contribution in [2.45, 2.75) is 18.9 Å². The fourth-order valence-electron chi connectivity index (χ4n) is 1.78. The number of nitrogens with zero attached hydrogens (tertiary/aromatic N) is 1. The first-order valence-electron chi connectivity index (χ1n) is 6.49. The molecule has 2 aromatic rings. The van der Waals surface area contributed by atoms with E-state index in [9.17, 15) is 27.5 Å². The van der Waals surface area contributed by atoms with E-state index in [4.69, 9.17) is 4.74 Å². The number of carbonyl (C=O) groups is 1. The van der Waals surface area contributed by atoms with E-state index in [1.807, 2.05) is 0 Å². The summed E-state index contributed by atoms with van der Waals surface area (Å²) in [5.41, 5.74) is -2.23. The van der Waals surface area contributed by atoms with E-state index in [0.717, 1.165) is 23.5 Å². The zero-order valence-corrected chi connectivity index (χ0v) is 12.8. The second-order valence-corrected chi connectivity index (χ2v) is 5.58. The molecular weight excluding hydrogens is 350 g/mol. The van der Waals surface area contributed by atoms with Gasteiger partial charge in [0.25, 0.3) is 0 Å². The SMILES string of the molecule is C=C(C(=O)OCc1cccc(C(F)(F)F)c1F)C(O)c1nccs1. The van der Waals surface area contributed by atoms with Crippen molar-refractivity contribution in [2.24, 2.45) is 0 Å². The Bertz CT molecular complexity index is 744. The van der Waals surface area contributed by atoms with E-state index in [-0.39, 0.29) is 10.6 Å². The van der Waals surface area contributed by atoms with Crippen molar-refractivity contribution in [3.05, 3.63) is 63.9 Å². The number of carbonyl (C=O) groups excluding carboxylic acids is 1. The molecule has 1 atom stereocenters. The molecule has 1 aromatic heterocycles. The van der Waals surface area contributed by atoms with E-state index >= 15 is 0 Å². The first-order chi connectivity index (χ1) is 11.2. The Kier molecular flexibility index (Phi) is 5.35. The third-order valence-corrected chi connectivity index (χ3v) is 3.85. The fraction of sp³-hybridized carbons (Fsp3) is 0.200. The Labute approximate surface area is 138 Å². The minimum absolute atomic E-state index is 0.210. The summed E-state index contributed by atoms with van der Waals surface area (Å²) in [4.78, 5) is 15.6. The van der Waals surface area contributed by atoms with Gasteiger partial charge in [-0.25, -0.2) is 14.2 Å². The lowest BCUT2D eigenvalue weighted by Crippen LogP contribution is -2.15. The van der Waals surface area contributed by atoms with E-state index in [1.165, 1.54) is 6.20 Å². The summed E-state index contributed by atoms with van der Waals surface area (Å²) < 4.78 is 56.4. The van der Waals surface area contributed by atoms with Crippen LogP contribution in [-0.4, -0.2) is 16.1 Å². The van der Waals surface area contributed by atoms with Crippen LogP contribution in [0.1, 0.15) is 22.2 Å². The van der Waals surface area contributed by atoms with Crippen LogP contribution in [0.15, 0.2) is 41.9 Å². The zero-order chi connectivity index (χ0) is 17.9. The van der Waals surface area contributed by atoms with Gasteiger partial charge in [-0.3, -0.25) is 0 Å². The maximum atomic E-state index is 13.8. The average Bonchev–Trinajstić information content (AvgIpc) is 3.05. The average molecular weight is 361 g/mol. The van der Waals surface area contributed by atoms with Crippen LogP contribution in [0.4, 0.5) is 17.6 Å².